The average Bonchev–Trinajstić information content (AvgIpc) is 2.42. The molecule has 0 aromatic heterocycles. The van der Waals surface area contributed by atoms with Crippen LogP contribution in [0.15, 0.2) is 18.2 Å². The maximum atomic E-state index is 12.0. The fraction of sp³-hybridized carbons (Fsp3) is 0.562. The Balaban J connectivity index is 1.77. The zero-order chi connectivity index (χ0) is 14.5. The average molecular weight is 277 g/mol. The monoisotopic (exact) mass is 277 g/mol. The highest BCUT2D eigenvalue weighted by Crippen LogP contribution is 2.17. The van der Waals surface area contributed by atoms with E-state index in [1.165, 1.54) is 11.1 Å². The number of aliphatic hydroxyl groups is 1. The lowest BCUT2D eigenvalue weighted by molar-refractivity contribution is -0.134. The van der Waals surface area contributed by atoms with Crippen LogP contribution in [0, 0.1) is 13.8 Å². The first-order valence-electron chi connectivity index (χ1n) is 7.22. The first kappa shape index (κ1) is 14.9. The number of piperidine rings is 1. The highest BCUT2D eigenvalue weighted by atomic mass is 16.5. The molecule has 1 N–H and O–H groups in total. The van der Waals surface area contributed by atoms with Crippen LogP contribution in [0.5, 0.6) is 5.75 Å². The molecule has 1 fully saturated rings. The minimum Gasteiger partial charge on any atom is -0.493 e. The number of carbonyl (C=O) groups excluding carboxylic acids is 1. The van der Waals surface area contributed by atoms with Crippen LogP contribution in [0.3, 0.4) is 0 Å². The van der Waals surface area contributed by atoms with Crippen LogP contribution in [0.1, 0.15) is 30.4 Å². The van der Waals surface area contributed by atoms with E-state index in [0.29, 0.717) is 19.6 Å². The lowest BCUT2D eigenvalue weighted by Gasteiger charge is -2.30. The minimum absolute atomic E-state index is 0.0626. The third-order valence-electron chi connectivity index (χ3n) is 3.81. The Hall–Kier alpha value is -1.55. The molecule has 0 bridgehead atoms. The van der Waals surface area contributed by atoms with E-state index in [-0.39, 0.29) is 12.0 Å². The number of hydrogen-bond acceptors (Lipinski definition) is 3. The van der Waals surface area contributed by atoms with Crippen LogP contribution in [0.25, 0.3) is 0 Å². The molecule has 4 heteroatoms. The summed E-state index contributed by atoms with van der Waals surface area (Å²) in [5, 5.41) is 9.56. The maximum Gasteiger partial charge on any atom is 0.226 e. The highest BCUT2D eigenvalue weighted by Gasteiger charge is 2.21. The number of nitrogens with zero attached hydrogens (tertiary/aromatic N) is 1. The molecular formula is C16H23NO3. The van der Waals surface area contributed by atoms with Gasteiger partial charge in [0.1, 0.15) is 5.75 Å². The van der Waals surface area contributed by atoms with Gasteiger partial charge in [-0.1, -0.05) is 6.07 Å². The molecule has 0 spiro atoms. The molecule has 0 saturated carbocycles. The SMILES string of the molecule is Cc1ccc(OCCC(=O)N2CCCC(O)C2)cc1C. The zero-order valence-corrected chi connectivity index (χ0v) is 12.3. The summed E-state index contributed by atoms with van der Waals surface area (Å²) in [6.07, 6.45) is 1.67. The van der Waals surface area contributed by atoms with Gasteiger partial charge in [0.15, 0.2) is 0 Å². The summed E-state index contributed by atoms with van der Waals surface area (Å²) in [4.78, 5) is 13.7. The van der Waals surface area contributed by atoms with Crippen molar-refractivity contribution in [3.8, 4) is 5.75 Å². The molecule has 2 rings (SSSR count). The molecule has 1 aliphatic rings. The summed E-state index contributed by atoms with van der Waals surface area (Å²) in [5.74, 6) is 0.868. The predicted molar refractivity (Wildman–Crippen MR) is 77.8 cm³/mol. The van der Waals surface area contributed by atoms with Gasteiger partial charge in [-0.25, -0.2) is 0 Å². The van der Waals surface area contributed by atoms with Crippen LogP contribution in [0.4, 0.5) is 0 Å². The standard InChI is InChI=1S/C16H23NO3/c1-12-5-6-15(10-13(12)2)20-9-7-16(19)17-8-3-4-14(18)11-17/h5-6,10,14,18H,3-4,7-9,11H2,1-2H3. The summed E-state index contributed by atoms with van der Waals surface area (Å²) >= 11 is 0. The number of hydrogen-bond donors (Lipinski definition) is 1. The maximum absolute atomic E-state index is 12.0. The zero-order valence-electron chi connectivity index (χ0n) is 12.3. The minimum atomic E-state index is -0.367. The molecule has 1 unspecified atom stereocenters. The lowest BCUT2D eigenvalue weighted by Crippen LogP contribution is -2.42. The fourth-order valence-electron chi connectivity index (χ4n) is 2.40. The Morgan fingerprint density at radius 1 is 1.40 bits per heavy atom. The van der Waals surface area contributed by atoms with E-state index in [2.05, 4.69) is 6.92 Å². The molecule has 1 saturated heterocycles. The summed E-state index contributed by atoms with van der Waals surface area (Å²) in [7, 11) is 0. The number of β-amino-alcohol motifs (C(OH)–C–C–N with tert-alkyl or cyclic N) is 1. The Morgan fingerprint density at radius 2 is 2.20 bits per heavy atom. The van der Waals surface area contributed by atoms with E-state index < -0.39 is 0 Å². The van der Waals surface area contributed by atoms with Crippen LogP contribution in [-0.4, -0.2) is 41.7 Å². The van der Waals surface area contributed by atoms with E-state index in [0.717, 1.165) is 25.1 Å². The summed E-state index contributed by atoms with van der Waals surface area (Å²) in [6, 6.07) is 5.94. The Labute approximate surface area is 120 Å². The van der Waals surface area contributed by atoms with Gasteiger partial charge in [-0.15, -0.1) is 0 Å². The lowest BCUT2D eigenvalue weighted by atomic mass is 10.1. The van der Waals surface area contributed by atoms with Crippen molar-refractivity contribution >= 4 is 5.91 Å². The molecule has 4 nitrogen and oxygen atoms in total. The highest BCUT2D eigenvalue weighted by molar-refractivity contribution is 5.76. The van der Waals surface area contributed by atoms with Crippen LogP contribution in [-0.2, 0) is 4.79 Å². The Kier molecular flexibility index (Phi) is 5.01. The molecule has 1 aliphatic heterocycles. The number of amides is 1. The summed E-state index contributed by atoms with van der Waals surface area (Å²) in [6.45, 7) is 5.70. The smallest absolute Gasteiger partial charge is 0.226 e. The quantitative estimate of drug-likeness (QED) is 0.916. The number of ether oxygens (including phenoxy) is 1. The molecule has 1 amide bonds. The first-order chi connectivity index (χ1) is 9.56. The number of carbonyl (C=O) groups is 1. The number of rotatable bonds is 4. The molecule has 1 aromatic carbocycles. The van der Waals surface area contributed by atoms with Gasteiger partial charge in [0.2, 0.25) is 5.91 Å². The van der Waals surface area contributed by atoms with E-state index >= 15 is 0 Å². The number of aliphatic hydroxyl groups excluding tert-OH is 1. The molecule has 1 heterocycles. The van der Waals surface area contributed by atoms with Crippen molar-refractivity contribution in [1.29, 1.82) is 0 Å². The number of aryl methyl sites for hydroxylation is 2. The third-order valence-corrected chi connectivity index (χ3v) is 3.81. The van der Waals surface area contributed by atoms with Crippen molar-refractivity contribution in [3.63, 3.8) is 0 Å². The van der Waals surface area contributed by atoms with E-state index in [4.69, 9.17) is 4.74 Å². The Bertz CT molecular complexity index is 473. The van der Waals surface area contributed by atoms with Gasteiger partial charge in [0.25, 0.3) is 0 Å². The van der Waals surface area contributed by atoms with E-state index in [1.807, 2.05) is 25.1 Å². The van der Waals surface area contributed by atoms with Gasteiger partial charge in [-0.2, -0.15) is 0 Å². The molecule has 1 atom stereocenters. The fourth-order valence-corrected chi connectivity index (χ4v) is 2.40. The molecule has 20 heavy (non-hydrogen) atoms. The number of benzene rings is 1. The van der Waals surface area contributed by atoms with E-state index in [9.17, 15) is 9.90 Å². The molecule has 1 aromatic rings. The topological polar surface area (TPSA) is 49.8 Å². The van der Waals surface area contributed by atoms with E-state index in [1.54, 1.807) is 4.90 Å². The second kappa shape index (κ2) is 6.75. The van der Waals surface area contributed by atoms with Gasteiger partial charge < -0.3 is 14.7 Å². The molecular weight excluding hydrogens is 254 g/mol. The summed E-state index contributed by atoms with van der Waals surface area (Å²) < 4.78 is 5.62. The van der Waals surface area contributed by atoms with Crippen LogP contribution < -0.4 is 4.74 Å². The van der Waals surface area contributed by atoms with Crippen molar-refractivity contribution in [2.75, 3.05) is 19.7 Å². The van der Waals surface area contributed by atoms with Crippen molar-refractivity contribution in [3.05, 3.63) is 29.3 Å². The second-order valence-corrected chi connectivity index (χ2v) is 5.48. The van der Waals surface area contributed by atoms with Gasteiger partial charge in [0.05, 0.1) is 19.1 Å². The van der Waals surface area contributed by atoms with Crippen molar-refractivity contribution in [2.45, 2.75) is 39.2 Å². The van der Waals surface area contributed by atoms with Gasteiger partial charge in [0, 0.05) is 13.1 Å². The van der Waals surface area contributed by atoms with Crippen molar-refractivity contribution in [2.24, 2.45) is 0 Å². The van der Waals surface area contributed by atoms with Crippen LogP contribution in [0.2, 0.25) is 0 Å². The Morgan fingerprint density at radius 3 is 2.90 bits per heavy atom. The number of likely N-dealkylation sites (tertiary alicyclic amines) is 1. The molecule has 110 valence electrons. The van der Waals surface area contributed by atoms with Gasteiger partial charge in [-0.3, -0.25) is 4.79 Å². The normalized spacial score (nSPS) is 18.9. The van der Waals surface area contributed by atoms with Crippen molar-refractivity contribution in [1.82, 2.24) is 4.90 Å². The summed E-state index contributed by atoms with van der Waals surface area (Å²) in [5.41, 5.74) is 2.42. The third kappa shape index (κ3) is 3.97. The van der Waals surface area contributed by atoms with Crippen molar-refractivity contribution < 1.29 is 14.6 Å². The first-order valence-corrected chi connectivity index (χ1v) is 7.22. The van der Waals surface area contributed by atoms with Gasteiger partial charge in [-0.05, 0) is 49.9 Å². The predicted octanol–water partition coefficient (Wildman–Crippen LogP) is 2.06. The molecule has 0 aliphatic carbocycles. The second-order valence-electron chi connectivity index (χ2n) is 5.48. The largest absolute Gasteiger partial charge is 0.493 e. The van der Waals surface area contributed by atoms with Gasteiger partial charge >= 0.3 is 0 Å². The van der Waals surface area contributed by atoms with Crippen LogP contribution >= 0.6 is 0 Å². The molecule has 0 radical (unpaired) electrons.